The van der Waals surface area contributed by atoms with Crippen LogP contribution in [0.1, 0.15) is 42.3 Å². The van der Waals surface area contributed by atoms with Gasteiger partial charge < -0.3 is 11.1 Å². The van der Waals surface area contributed by atoms with Crippen molar-refractivity contribution in [3.63, 3.8) is 0 Å². The summed E-state index contributed by atoms with van der Waals surface area (Å²) >= 11 is 5.98. The lowest BCUT2D eigenvalue weighted by Gasteiger charge is -2.21. The molecule has 3 aromatic carbocycles. The van der Waals surface area contributed by atoms with Crippen molar-refractivity contribution in [2.75, 3.05) is 0 Å². The van der Waals surface area contributed by atoms with Gasteiger partial charge in [-0.1, -0.05) is 44.5 Å². The first kappa shape index (κ1) is 26.2. The molecular weight excluding hydrogens is 505 g/mol. The summed E-state index contributed by atoms with van der Waals surface area (Å²) in [5.41, 5.74) is 4.40. The monoisotopic (exact) mass is 528 g/mol. The van der Waals surface area contributed by atoms with Gasteiger partial charge in [-0.15, -0.1) is 0 Å². The molecule has 2 amide bonds. The molecule has 1 aromatic heterocycles. The van der Waals surface area contributed by atoms with Crippen molar-refractivity contribution in [1.82, 2.24) is 15.1 Å². The number of amides is 2. The van der Waals surface area contributed by atoms with E-state index in [-0.39, 0.29) is 23.6 Å². The molecule has 0 atom stereocenters. The molecule has 0 radical (unpaired) electrons. The highest BCUT2D eigenvalue weighted by atomic mass is 35.5. The number of carbonyl (C=O) groups is 2. The number of primary amides is 1. The maximum absolute atomic E-state index is 14.4. The van der Waals surface area contributed by atoms with Crippen LogP contribution in [0.5, 0.6) is 0 Å². The van der Waals surface area contributed by atoms with E-state index in [1.807, 2.05) is 0 Å². The highest BCUT2D eigenvalue weighted by Gasteiger charge is 2.39. The number of nitrogens with zero attached hydrogens (tertiary/aromatic N) is 2. The zero-order valence-corrected chi connectivity index (χ0v) is 21.0. The molecule has 0 saturated heterocycles. The minimum Gasteiger partial charge on any atom is -0.366 e. The van der Waals surface area contributed by atoms with E-state index in [1.54, 1.807) is 61.9 Å². The van der Waals surface area contributed by atoms with E-state index in [9.17, 15) is 22.8 Å². The second-order valence-electron chi connectivity index (χ2n) is 9.63. The number of alkyl halides is 3. The summed E-state index contributed by atoms with van der Waals surface area (Å²) in [7, 11) is 0. The van der Waals surface area contributed by atoms with E-state index < -0.39 is 28.6 Å². The second-order valence-corrected chi connectivity index (χ2v) is 10.1. The van der Waals surface area contributed by atoms with Crippen LogP contribution < -0.4 is 11.1 Å². The number of carbonyl (C=O) groups excluding carboxylic acids is 2. The van der Waals surface area contributed by atoms with Gasteiger partial charge in [-0.05, 0) is 59.2 Å². The normalized spacial score (nSPS) is 12.1. The predicted octanol–water partition coefficient (Wildman–Crippen LogP) is 6.13. The topological polar surface area (TPSA) is 90.0 Å². The van der Waals surface area contributed by atoms with Crippen LogP contribution in [0.4, 0.5) is 13.2 Å². The zero-order valence-electron chi connectivity index (χ0n) is 20.3. The number of rotatable bonds is 5. The lowest BCUT2D eigenvalue weighted by atomic mass is 9.90. The van der Waals surface area contributed by atoms with Crippen LogP contribution in [0.2, 0.25) is 5.02 Å². The lowest BCUT2D eigenvalue weighted by Crippen LogP contribution is -2.34. The van der Waals surface area contributed by atoms with Crippen molar-refractivity contribution in [3.05, 3.63) is 82.5 Å². The molecule has 0 aliphatic heterocycles. The second kappa shape index (κ2) is 9.55. The quantitative estimate of drug-likeness (QED) is 0.327. The third-order valence-corrected chi connectivity index (χ3v) is 6.11. The van der Waals surface area contributed by atoms with Gasteiger partial charge in [0.15, 0.2) is 0 Å². The van der Waals surface area contributed by atoms with Gasteiger partial charge in [0.05, 0.1) is 28.5 Å². The van der Waals surface area contributed by atoms with E-state index in [0.29, 0.717) is 27.2 Å². The number of nitrogens with one attached hydrogen (secondary N) is 1. The predicted molar refractivity (Wildman–Crippen MR) is 136 cm³/mol. The van der Waals surface area contributed by atoms with E-state index in [2.05, 4.69) is 10.4 Å². The van der Waals surface area contributed by atoms with Crippen molar-refractivity contribution in [1.29, 1.82) is 0 Å². The Labute approximate surface area is 216 Å². The van der Waals surface area contributed by atoms with Gasteiger partial charge in [-0.3, -0.25) is 9.59 Å². The number of benzene rings is 3. The Morgan fingerprint density at radius 2 is 1.70 bits per heavy atom. The van der Waals surface area contributed by atoms with Crippen LogP contribution in [-0.4, -0.2) is 21.6 Å². The van der Waals surface area contributed by atoms with Gasteiger partial charge >= 0.3 is 6.18 Å². The number of halogens is 4. The molecule has 0 aliphatic carbocycles. The Kier molecular flexibility index (Phi) is 6.77. The summed E-state index contributed by atoms with van der Waals surface area (Å²) in [6.07, 6.45) is -3.40. The summed E-state index contributed by atoms with van der Waals surface area (Å²) in [5.74, 6) is -1.51. The average Bonchev–Trinajstić information content (AvgIpc) is 3.25. The fourth-order valence-electron chi connectivity index (χ4n) is 4.04. The summed E-state index contributed by atoms with van der Waals surface area (Å²) < 4.78 is 44.7. The number of fused-ring (bicyclic) bond motifs is 1. The summed E-state index contributed by atoms with van der Waals surface area (Å²) in [5, 5.41) is 8.06. The van der Waals surface area contributed by atoms with Crippen LogP contribution in [-0.2, 0) is 17.5 Å². The van der Waals surface area contributed by atoms with Crippen LogP contribution in [0, 0.1) is 5.41 Å². The number of aromatic nitrogens is 2. The van der Waals surface area contributed by atoms with Crippen molar-refractivity contribution in [2.24, 2.45) is 11.1 Å². The Hall–Kier alpha value is -3.85. The van der Waals surface area contributed by atoms with Crippen molar-refractivity contribution >= 4 is 34.3 Å². The fraction of sp³-hybridized carbons (Fsp3) is 0.222. The molecule has 10 heteroatoms. The van der Waals surface area contributed by atoms with Crippen LogP contribution in [0.25, 0.3) is 27.7 Å². The molecule has 0 saturated carbocycles. The first-order valence-electron chi connectivity index (χ1n) is 11.3. The largest absolute Gasteiger partial charge is 0.417 e. The average molecular weight is 529 g/mol. The molecule has 4 rings (SSSR count). The minimum absolute atomic E-state index is 0.0818. The molecule has 37 heavy (non-hydrogen) atoms. The molecule has 0 spiro atoms. The van der Waals surface area contributed by atoms with Gasteiger partial charge in [-0.25, -0.2) is 4.68 Å². The Balaban J connectivity index is 1.93. The van der Waals surface area contributed by atoms with Crippen molar-refractivity contribution < 1.29 is 22.8 Å². The molecule has 0 unspecified atom stereocenters. The molecule has 0 bridgehead atoms. The zero-order chi connectivity index (χ0) is 27.1. The molecular formula is C27H24ClF3N4O2. The van der Waals surface area contributed by atoms with Gasteiger partial charge in [0, 0.05) is 22.4 Å². The third-order valence-electron chi connectivity index (χ3n) is 5.86. The summed E-state index contributed by atoms with van der Waals surface area (Å²) in [6.45, 7) is 5.07. The maximum atomic E-state index is 14.4. The van der Waals surface area contributed by atoms with Gasteiger partial charge in [0.25, 0.3) is 0 Å². The lowest BCUT2D eigenvalue weighted by molar-refractivity contribution is -0.137. The standard InChI is InChI=1S/C27H24ClF3N4O2/c1-26(2,3)25(37)33-13-15-11-19(23(27(29,30)31)20(12-15)24(32)36)18-5-4-6-22-21(18)14-34-35(22)17-9-7-16(28)8-10-17/h4-12,14H,13H2,1-3H3,(H2,32,36)(H,33,37). The summed E-state index contributed by atoms with van der Waals surface area (Å²) in [6, 6.07) is 14.1. The minimum atomic E-state index is -4.87. The van der Waals surface area contributed by atoms with E-state index in [4.69, 9.17) is 17.3 Å². The highest BCUT2D eigenvalue weighted by Crippen LogP contribution is 2.42. The van der Waals surface area contributed by atoms with E-state index >= 15 is 0 Å². The van der Waals surface area contributed by atoms with E-state index in [0.717, 1.165) is 6.07 Å². The number of nitrogens with two attached hydrogens (primary N) is 1. The Morgan fingerprint density at radius 1 is 1.03 bits per heavy atom. The molecule has 4 aromatic rings. The van der Waals surface area contributed by atoms with E-state index in [1.165, 1.54) is 18.3 Å². The fourth-order valence-corrected chi connectivity index (χ4v) is 4.16. The molecule has 1 heterocycles. The first-order chi connectivity index (χ1) is 17.3. The van der Waals surface area contributed by atoms with Crippen molar-refractivity contribution in [3.8, 4) is 16.8 Å². The van der Waals surface area contributed by atoms with Gasteiger partial charge in [-0.2, -0.15) is 18.3 Å². The molecule has 0 fully saturated rings. The van der Waals surface area contributed by atoms with Crippen LogP contribution in [0.15, 0.2) is 60.8 Å². The van der Waals surface area contributed by atoms with Crippen LogP contribution >= 0.6 is 11.6 Å². The maximum Gasteiger partial charge on any atom is 0.417 e. The van der Waals surface area contributed by atoms with Crippen molar-refractivity contribution in [2.45, 2.75) is 33.5 Å². The first-order valence-corrected chi connectivity index (χ1v) is 11.7. The highest BCUT2D eigenvalue weighted by molar-refractivity contribution is 6.30. The Bertz CT molecular complexity index is 1500. The number of hydrogen-bond acceptors (Lipinski definition) is 3. The Morgan fingerprint density at radius 3 is 2.30 bits per heavy atom. The van der Waals surface area contributed by atoms with Crippen LogP contribution in [0.3, 0.4) is 0 Å². The SMILES string of the molecule is CC(C)(C)C(=O)NCc1cc(C(N)=O)c(C(F)(F)F)c(-c2cccc3c2cnn3-c2ccc(Cl)cc2)c1. The smallest absolute Gasteiger partial charge is 0.366 e. The third kappa shape index (κ3) is 5.32. The molecule has 0 aliphatic rings. The summed E-state index contributed by atoms with van der Waals surface area (Å²) in [4.78, 5) is 24.6. The molecule has 6 nitrogen and oxygen atoms in total. The van der Waals surface area contributed by atoms with Gasteiger partial charge in [0.2, 0.25) is 11.8 Å². The van der Waals surface area contributed by atoms with Gasteiger partial charge in [0.1, 0.15) is 0 Å². The molecule has 3 N–H and O–H groups in total. The number of hydrogen-bond donors (Lipinski definition) is 2. The molecule has 192 valence electrons.